The van der Waals surface area contributed by atoms with Crippen molar-refractivity contribution in [1.29, 1.82) is 0 Å². The molecule has 1 amide bonds. The number of hydrogen-bond acceptors (Lipinski definition) is 4. The smallest absolute Gasteiger partial charge is 0.389 e. The van der Waals surface area contributed by atoms with Gasteiger partial charge in [0.05, 0.1) is 13.0 Å². The van der Waals surface area contributed by atoms with Crippen LogP contribution in [0.3, 0.4) is 0 Å². The van der Waals surface area contributed by atoms with Crippen molar-refractivity contribution in [2.24, 2.45) is 0 Å². The highest BCUT2D eigenvalue weighted by Gasteiger charge is 2.29. The first-order chi connectivity index (χ1) is 15.5. The Morgan fingerprint density at radius 3 is 2.24 bits per heavy atom. The van der Waals surface area contributed by atoms with E-state index in [4.69, 9.17) is 9.47 Å². The Morgan fingerprint density at radius 1 is 1.09 bits per heavy atom. The van der Waals surface area contributed by atoms with Gasteiger partial charge in [-0.2, -0.15) is 13.2 Å². The Hall–Kier alpha value is -2.55. The first kappa shape index (κ1) is 26.7. The molecule has 2 aromatic carbocycles. The summed E-state index contributed by atoms with van der Waals surface area (Å²) in [6.45, 7) is 5.85. The lowest BCUT2D eigenvalue weighted by Gasteiger charge is -2.22. The molecule has 33 heavy (non-hydrogen) atoms. The molecule has 0 radical (unpaired) electrons. The Labute approximate surface area is 199 Å². The first-order valence-electron chi connectivity index (χ1n) is 10.5. The number of aryl methyl sites for hydroxylation is 2. The number of amides is 1. The molecule has 2 aromatic rings. The van der Waals surface area contributed by atoms with E-state index in [0.717, 1.165) is 15.6 Å². The average Bonchev–Trinajstić information content (AvgIpc) is 2.74. The summed E-state index contributed by atoms with van der Waals surface area (Å²) >= 11 is 3.47. The van der Waals surface area contributed by atoms with Crippen molar-refractivity contribution in [2.75, 3.05) is 13.2 Å². The number of rotatable bonds is 10. The summed E-state index contributed by atoms with van der Waals surface area (Å²) in [5, 5.41) is 2.62. The molecule has 0 heterocycles. The van der Waals surface area contributed by atoms with Gasteiger partial charge in [0.15, 0.2) is 0 Å². The molecule has 1 atom stereocenters. The van der Waals surface area contributed by atoms with Crippen molar-refractivity contribution < 1.29 is 32.2 Å². The van der Waals surface area contributed by atoms with Crippen molar-refractivity contribution in [3.05, 3.63) is 63.1 Å². The highest BCUT2D eigenvalue weighted by molar-refractivity contribution is 9.10. The maximum Gasteiger partial charge on any atom is 0.389 e. The SMILES string of the molecule is CCOC(=O)CCNC(=O)c1ccc([C@H](CCC(F)(F)F)Oc2cc(C)c(Br)c(C)c2)cc1. The van der Waals surface area contributed by atoms with Gasteiger partial charge in [0, 0.05) is 23.0 Å². The van der Waals surface area contributed by atoms with Gasteiger partial charge in [-0.05, 0) is 68.1 Å². The van der Waals surface area contributed by atoms with E-state index >= 15 is 0 Å². The summed E-state index contributed by atoms with van der Waals surface area (Å²) in [7, 11) is 0. The van der Waals surface area contributed by atoms with E-state index < -0.39 is 30.6 Å². The van der Waals surface area contributed by atoms with E-state index in [1.54, 1.807) is 31.2 Å². The van der Waals surface area contributed by atoms with E-state index in [1.807, 2.05) is 13.8 Å². The lowest BCUT2D eigenvalue weighted by Crippen LogP contribution is -2.26. The normalized spacial score (nSPS) is 12.2. The Morgan fingerprint density at radius 2 is 1.70 bits per heavy atom. The van der Waals surface area contributed by atoms with Crippen molar-refractivity contribution in [3.63, 3.8) is 0 Å². The van der Waals surface area contributed by atoms with Crippen LogP contribution in [0.4, 0.5) is 13.2 Å². The maximum atomic E-state index is 12.9. The first-order valence-corrected chi connectivity index (χ1v) is 11.3. The number of hydrogen-bond donors (Lipinski definition) is 1. The van der Waals surface area contributed by atoms with Gasteiger partial charge in [0.2, 0.25) is 0 Å². The quantitative estimate of drug-likeness (QED) is 0.371. The molecule has 1 N–H and O–H groups in total. The van der Waals surface area contributed by atoms with Crippen LogP contribution < -0.4 is 10.1 Å². The zero-order chi connectivity index (χ0) is 24.6. The van der Waals surface area contributed by atoms with Gasteiger partial charge in [-0.15, -0.1) is 0 Å². The number of alkyl halides is 3. The third kappa shape index (κ3) is 8.72. The lowest BCUT2D eigenvalue weighted by molar-refractivity contribution is -0.143. The largest absolute Gasteiger partial charge is 0.486 e. The molecule has 5 nitrogen and oxygen atoms in total. The van der Waals surface area contributed by atoms with Crippen LogP contribution in [0.1, 0.15) is 59.3 Å². The summed E-state index contributed by atoms with van der Waals surface area (Å²) in [5.41, 5.74) is 2.68. The second-order valence-corrected chi connectivity index (χ2v) is 8.36. The fraction of sp³-hybridized carbons (Fsp3) is 0.417. The van der Waals surface area contributed by atoms with Gasteiger partial charge < -0.3 is 14.8 Å². The van der Waals surface area contributed by atoms with Gasteiger partial charge in [-0.1, -0.05) is 28.1 Å². The number of carbonyl (C=O) groups is 2. The van der Waals surface area contributed by atoms with Gasteiger partial charge in [-0.3, -0.25) is 9.59 Å². The molecular weight excluding hydrogens is 503 g/mol. The van der Waals surface area contributed by atoms with Crippen LogP contribution in [0, 0.1) is 13.8 Å². The topological polar surface area (TPSA) is 64.6 Å². The monoisotopic (exact) mass is 529 g/mol. The standard InChI is InChI=1S/C24H27BrF3NO4/c1-4-32-21(30)10-12-29-23(31)18-7-5-17(6-8-18)20(9-11-24(26,27)28)33-19-13-15(2)22(25)16(3)14-19/h5-8,13-14,20H,4,9-12H2,1-3H3,(H,29,31)/t20-/m0/s1. The summed E-state index contributed by atoms with van der Waals surface area (Å²) in [4.78, 5) is 23.6. The number of halogens is 4. The number of esters is 1. The molecule has 0 aliphatic heterocycles. The second kappa shape index (κ2) is 12.1. The van der Waals surface area contributed by atoms with Crippen molar-refractivity contribution in [3.8, 4) is 5.75 Å². The predicted octanol–water partition coefficient (Wildman–Crippen LogP) is 6.21. The zero-order valence-corrected chi connectivity index (χ0v) is 20.3. The van der Waals surface area contributed by atoms with Gasteiger partial charge in [-0.25, -0.2) is 0 Å². The predicted molar refractivity (Wildman–Crippen MR) is 122 cm³/mol. The molecule has 0 unspecified atom stereocenters. The lowest BCUT2D eigenvalue weighted by atomic mass is 10.0. The zero-order valence-electron chi connectivity index (χ0n) is 18.7. The van der Waals surface area contributed by atoms with Gasteiger partial charge in [0.1, 0.15) is 11.9 Å². The molecule has 0 bridgehead atoms. The molecule has 0 saturated carbocycles. The minimum atomic E-state index is -4.31. The Balaban J connectivity index is 2.13. The fourth-order valence-electron chi connectivity index (χ4n) is 3.19. The highest BCUT2D eigenvalue weighted by atomic mass is 79.9. The van der Waals surface area contributed by atoms with Gasteiger partial charge >= 0.3 is 12.1 Å². The van der Waals surface area contributed by atoms with Crippen molar-refractivity contribution in [1.82, 2.24) is 5.32 Å². The van der Waals surface area contributed by atoms with Crippen LogP contribution >= 0.6 is 15.9 Å². The number of ether oxygens (including phenoxy) is 2. The average molecular weight is 530 g/mol. The molecule has 0 aliphatic carbocycles. The summed E-state index contributed by atoms with van der Waals surface area (Å²) in [6, 6.07) is 9.75. The van der Waals surface area contributed by atoms with Crippen LogP contribution in [-0.2, 0) is 9.53 Å². The van der Waals surface area contributed by atoms with E-state index in [0.29, 0.717) is 16.9 Å². The fourth-order valence-corrected chi connectivity index (χ4v) is 3.42. The van der Waals surface area contributed by atoms with Crippen LogP contribution in [0.15, 0.2) is 40.9 Å². The van der Waals surface area contributed by atoms with E-state index in [2.05, 4.69) is 21.2 Å². The number of carbonyl (C=O) groups excluding carboxylic acids is 2. The second-order valence-electron chi connectivity index (χ2n) is 7.56. The molecule has 180 valence electrons. The van der Waals surface area contributed by atoms with Crippen LogP contribution in [0.2, 0.25) is 0 Å². The minimum Gasteiger partial charge on any atom is -0.486 e. The highest BCUT2D eigenvalue weighted by Crippen LogP contribution is 2.33. The maximum absolute atomic E-state index is 12.9. The van der Waals surface area contributed by atoms with E-state index in [1.165, 1.54) is 12.1 Å². The Kier molecular flexibility index (Phi) is 9.76. The molecule has 0 fully saturated rings. The minimum absolute atomic E-state index is 0.0526. The molecule has 9 heteroatoms. The van der Waals surface area contributed by atoms with E-state index in [-0.39, 0.29) is 26.0 Å². The Bertz CT molecular complexity index is 938. The number of benzene rings is 2. The molecule has 0 saturated heterocycles. The van der Waals surface area contributed by atoms with E-state index in [9.17, 15) is 22.8 Å². The van der Waals surface area contributed by atoms with Crippen LogP contribution in [-0.4, -0.2) is 31.2 Å². The van der Waals surface area contributed by atoms with Crippen LogP contribution in [0.5, 0.6) is 5.75 Å². The summed E-state index contributed by atoms with van der Waals surface area (Å²) < 4.78 is 50.4. The molecule has 0 aromatic heterocycles. The molecule has 2 rings (SSSR count). The summed E-state index contributed by atoms with van der Waals surface area (Å²) in [5.74, 6) is -0.324. The number of nitrogens with one attached hydrogen (secondary N) is 1. The third-order valence-corrected chi connectivity index (χ3v) is 6.09. The summed E-state index contributed by atoms with van der Waals surface area (Å²) in [6.07, 6.45) is -6.36. The molecule has 0 spiro atoms. The molecular formula is C24H27BrF3NO4. The molecule has 0 aliphatic rings. The third-order valence-electron chi connectivity index (χ3n) is 4.84. The van der Waals surface area contributed by atoms with Crippen molar-refractivity contribution in [2.45, 2.75) is 52.3 Å². The van der Waals surface area contributed by atoms with Gasteiger partial charge in [0.25, 0.3) is 5.91 Å². The van der Waals surface area contributed by atoms with Crippen molar-refractivity contribution >= 4 is 27.8 Å². The van der Waals surface area contributed by atoms with Crippen LogP contribution in [0.25, 0.3) is 0 Å².